The summed E-state index contributed by atoms with van der Waals surface area (Å²) in [5.41, 5.74) is 6.65. The van der Waals surface area contributed by atoms with Crippen molar-refractivity contribution >= 4 is 21.5 Å². The van der Waals surface area contributed by atoms with Gasteiger partial charge in [-0.2, -0.15) is 0 Å². The molecule has 2 heteroatoms. The lowest BCUT2D eigenvalue weighted by molar-refractivity contribution is 0.131. The summed E-state index contributed by atoms with van der Waals surface area (Å²) in [5.74, 6) is 0. The Morgan fingerprint density at radius 2 is 0.900 bits per heavy atom. The van der Waals surface area contributed by atoms with Gasteiger partial charge in [-0.25, -0.2) is 0 Å². The van der Waals surface area contributed by atoms with Crippen molar-refractivity contribution in [2.45, 2.75) is 5.60 Å². The molecule has 0 saturated heterocycles. The molecule has 0 spiro atoms. The van der Waals surface area contributed by atoms with Gasteiger partial charge in [0.25, 0.3) is 0 Å². The molecule has 0 heterocycles. The second kappa shape index (κ2) is 9.11. The first-order valence-electron chi connectivity index (χ1n) is 9.81. The van der Waals surface area contributed by atoms with E-state index in [0.29, 0.717) is 4.48 Å². The molecule has 4 aromatic rings. The molecule has 0 aliphatic rings. The maximum Gasteiger partial charge on any atom is 0.154 e. The maximum absolute atomic E-state index is 12.0. The van der Waals surface area contributed by atoms with Crippen molar-refractivity contribution in [2.75, 3.05) is 0 Å². The number of hydrogen-bond donors (Lipinski definition) is 1. The van der Waals surface area contributed by atoms with Crippen LogP contribution in [0.5, 0.6) is 0 Å². The van der Waals surface area contributed by atoms with Crippen LogP contribution in [0.3, 0.4) is 0 Å². The van der Waals surface area contributed by atoms with Gasteiger partial charge in [-0.15, -0.1) is 0 Å². The third-order valence-corrected chi connectivity index (χ3v) is 5.83. The van der Waals surface area contributed by atoms with E-state index in [1.54, 1.807) is 0 Å². The monoisotopic (exact) mass is 452 g/mol. The largest absolute Gasteiger partial charge is 0.375 e. The Kier molecular flexibility index (Phi) is 6.11. The molecule has 4 aromatic carbocycles. The van der Waals surface area contributed by atoms with Crippen LogP contribution in [-0.4, -0.2) is 5.11 Å². The minimum atomic E-state index is -1.36. The fourth-order valence-electron chi connectivity index (χ4n) is 3.50. The molecule has 4 rings (SSSR count). The van der Waals surface area contributed by atoms with Crippen molar-refractivity contribution in [3.8, 4) is 0 Å². The van der Waals surface area contributed by atoms with Crippen molar-refractivity contribution in [3.63, 3.8) is 0 Å². The van der Waals surface area contributed by atoms with Gasteiger partial charge in [-0.05, 0) is 38.2 Å². The molecule has 0 aliphatic carbocycles. The van der Waals surface area contributed by atoms with Gasteiger partial charge < -0.3 is 5.11 Å². The minimum Gasteiger partial charge on any atom is -0.375 e. The second-order valence-electron chi connectivity index (χ2n) is 6.99. The van der Waals surface area contributed by atoms with Gasteiger partial charge in [-0.1, -0.05) is 127 Å². The third-order valence-electron chi connectivity index (χ3n) is 5.06. The maximum atomic E-state index is 12.0. The van der Waals surface area contributed by atoms with Crippen molar-refractivity contribution in [1.29, 1.82) is 0 Å². The van der Waals surface area contributed by atoms with Crippen LogP contribution in [0, 0.1) is 0 Å². The molecular weight excluding hydrogens is 432 g/mol. The Morgan fingerprint density at radius 3 is 1.27 bits per heavy atom. The lowest BCUT2D eigenvalue weighted by Crippen LogP contribution is -2.27. The summed E-state index contributed by atoms with van der Waals surface area (Å²) in [5, 5.41) is 12.0. The van der Waals surface area contributed by atoms with E-state index in [1.165, 1.54) is 0 Å². The zero-order valence-corrected chi connectivity index (χ0v) is 18.0. The highest BCUT2D eigenvalue weighted by atomic mass is 79.9. The summed E-state index contributed by atoms with van der Waals surface area (Å²) in [6.45, 7) is 0. The van der Waals surface area contributed by atoms with Gasteiger partial charge in [0.1, 0.15) is 0 Å². The average molecular weight is 453 g/mol. The van der Waals surface area contributed by atoms with Crippen LogP contribution < -0.4 is 0 Å². The van der Waals surface area contributed by atoms with Crippen LogP contribution >= 0.6 is 15.9 Å². The van der Waals surface area contributed by atoms with E-state index in [-0.39, 0.29) is 0 Å². The summed E-state index contributed by atoms with van der Waals surface area (Å²) in [6, 6.07) is 39.6. The molecule has 30 heavy (non-hydrogen) atoms. The Bertz CT molecular complexity index is 1080. The van der Waals surface area contributed by atoms with Gasteiger partial charge in [0, 0.05) is 5.57 Å². The average Bonchev–Trinajstić information content (AvgIpc) is 2.84. The van der Waals surface area contributed by atoms with E-state index >= 15 is 0 Å². The Hall–Kier alpha value is -3.16. The van der Waals surface area contributed by atoms with Crippen LogP contribution in [0.4, 0.5) is 0 Å². The summed E-state index contributed by atoms with van der Waals surface area (Å²) >= 11 is 3.70. The van der Waals surface area contributed by atoms with Gasteiger partial charge in [-0.3, -0.25) is 0 Å². The van der Waals surface area contributed by atoms with E-state index in [4.69, 9.17) is 0 Å². The molecule has 0 atom stereocenters. The van der Waals surface area contributed by atoms with E-state index < -0.39 is 5.60 Å². The Balaban J connectivity index is 2.01. The fourth-order valence-corrected chi connectivity index (χ4v) is 4.16. The van der Waals surface area contributed by atoms with Crippen LogP contribution in [0.2, 0.25) is 0 Å². The quantitative estimate of drug-likeness (QED) is 0.325. The minimum absolute atomic E-state index is 0.551. The van der Waals surface area contributed by atoms with E-state index in [1.807, 2.05) is 97.1 Å². The molecule has 0 fully saturated rings. The first-order chi connectivity index (χ1) is 14.7. The number of benzene rings is 4. The van der Waals surface area contributed by atoms with Crippen LogP contribution in [0.25, 0.3) is 5.57 Å². The standard InChI is InChI=1S/C28H21BrO/c29-27(21-26(22-13-5-1-6-14-22)23-15-7-2-8-16-23)28(30,24-17-9-3-10-18-24)25-19-11-4-12-20-25/h1-20,30H. The molecule has 1 nitrogen and oxygen atoms in total. The van der Waals surface area contributed by atoms with Gasteiger partial charge in [0.05, 0.1) is 4.48 Å². The van der Waals surface area contributed by atoms with Crippen LogP contribution in [0.15, 0.2) is 132 Å². The first kappa shape index (κ1) is 20.1. The van der Waals surface area contributed by atoms with E-state index in [0.717, 1.165) is 27.8 Å². The SMILES string of the molecule is OC(C(Br)=C=C(c1ccccc1)c1ccccc1)(c1ccccc1)c1ccccc1. The molecule has 0 bridgehead atoms. The van der Waals surface area contributed by atoms with E-state index in [9.17, 15) is 5.11 Å². The molecule has 146 valence electrons. The lowest BCUT2D eigenvalue weighted by atomic mass is 9.85. The molecule has 0 saturated carbocycles. The predicted octanol–water partition coefficient (Wildman–Crippen LogP) is 6.93. The summed E-state index contributed by atoms with van der Waals surface area (Å²) in [7, 11) is 0. The normalized spacial score (nSPS) is 10.9. The van der Waals surface area contributed by atoms with Crippen molar-refractivity contribution in [2.24, 2.45) is 0 Å². The number of aliphatic hydroxyl groups is 1. The van der Waals surface area contributed by atoms with Crippen LogP contribution in [-0.2, 0) is 5.60 Å². The topological polar surface area (TPSA) is 20.2 Å². The highest BCUT2D eigenvalue weighted by Gasteiger charge is 2.35. The zero-order chi connectivity index (χ0) is 20.8. The Morgan fingerprint density at radius 1 is 0.567 bits per heavy atom. The molecule has 0 aliphatic heterocycles. The highest BCUT2D eigenvalue weighted by Crippen LogP contribution is 2.40. The van der Waals surface area contributed by atoms with E-state index in [2.05, 4.69) is 45.9 Å². The summed E-state index contributed by atoms with van der Waals surface area (Å²) in [4.78, 5) is 0. The molecule has 0 aromatic heterocycles. The van der Waals surface area contributed by atoms with Crippen molar-refractivity contribution < 1.29 is 5.11 Å². The van der Waals surface area contributed by atoms with Crippen molar-refractivity contribution in [3.05, 3.63) is 154 Å². The van der Waals surface area contributed by atoms with Gasteiger partial charge in [0.15, 0.2) is 5.60 Å². The van der Waals surface area contributed by atoms with Crippen molar-refractivity contribution in [1.82, 2.24) is 0 Å². The van der Waals surface area contributed by atoms with Gasteiger partial charge in [0.2, 0.25) is 0 Å². The molecule has 1 N–H and O–H groups in total. The summed E-state index contributed by atoms with van der Waals surface area (Å²) in [6.07, 6.45) is 0. The molecular formula is C28H21BrO. The smallest absolute Gasteiger partial charge is 0.154 e. The number of halogens is 1. The zero-order valence-electron chi connectivity index (χ0n) is 16.4. The third kappa shape index (κ3) is 4.08. The molecule has 0 radical (unpaired) electrons. The Labute approximate surface area is 185 Å². The lowest BCUT2D eigenvalue weighted by Gasteiger charge is -2.28. The predicted molar refractivity (Wildman–Crippen MR) is 127 cm³/mol. The van der Waals surface area contributed by atoms with Gasteiger partial charge >= 0.3 is 0 Å². The highest BCUT2D eigenvalue weighted by molar-refractivity contribution is 9.11. The number of rotatable bonds is 5. The van der Waals surface area contributed by atoms with Crippen LogP contribution in [0.1, 0.15) is 22.3 Å². The second-order valence-corrected chi connectivity index (χ2v) is 7.78. The fraction of sp³-hybridized carbons (Fsp3) is 0.0357. The molecule has 0 unspecified atom stereocenters. The first-order valence-corrected chi connectivity index (χ1v) is 10.6. The number of hydrogen-bond acceptors (Lipinski definition) is 1. The molecule has 0 amide bonds. The summed E-state index contributed by atoms with van der Waals surface area (Å²) < 4.78 is 0.551.